The summed E-state index contributed by atoms with van der Waals surface area (Å²) in [5, 5.41) is 3.83. The fourth-order valence-corrected chi connectivity index (χ4v) is 3.40. The Hall–Kier alpha value is -2.79. The Balaban J connectivity index is 1.65. The number of para-hydroxylation sites is 1. The maximum Gasteiger partial charge on any atom is 0.229 e. The van der Waals surface area contributed by atoms with Crippen LogP contribution in [0.5, 0.6) is 5.75 Å². The van der Waals surface area contributed by atoms with Crippen LogP contribution in [0, 0.1) is 0 Å². The molecule has 0 fully saturated rings. The Morgan fingerprint density at radius 1 is 1.15 bits per heavy atom. The van der Waals surface area contributed by atoms with Crippen LogP contribution in [-0.2, 0) is 6.42 Å². The zero-order chi connectivity index (χ0) is 17.9. The summed E-state index contributed by atoms with van der Waals surface area (Å²) >= 11 is 6.10. The zero-order valence-corrected chi connectivity index (χ0v) is 15.2. The highest BCUT2D eigenvalue weighted by atomic mass is 35.5. The fourth-order valence-electron chi connectivity index (χ4n) is 3.23. The molecule has 2 aromatic carbocycles. The maximum atomic E-state index is 6.10. The number of methoxy groups -OCH3 is 1. The largest absolute Gasteiger partial charge is 0.495 e. The molecule has 132 valence electrons. The van der Waals surface area contributed by atoms with Gasteiger partial charge in [-0.2, -0.15) is 4.98 Å². The lowest BCUT2D eigenvalue weighted by Gasteiger charge is -2.30. The van der Waals surface area contributed by atoms with Gasteiger partial charge < -0.3 is 15.0 Å². The summed E-state index contributed by atoms with van der Waals surface area (Å²) in [7, 11) is 1.62. The van der Waals surface area contributed by atoms with Gasteiger partial charge in [-0.3, -0.25) is 0 Å². The van der Waals surface area contributed by atoms with Gasteiger partial charge >= 0.3 is 0 Å². The summed E-state index contributed by atoms with van der Waals surface area (Å²) in [6, 6.07) is 15.8. The van der Waals surface area contributed by atoms with Crippen molar-refractivity contribution in [3.05, 3.63) is 65.3 Å². The van der Waals surface area contributed by atoms with E-state index in [2.05, 4.69) is 39.5 Å². The highest BCUT2D eigenvalue weighted by molar-refractivity contribution is 6.31. The highest BCUT2D eigenvalue weighted by Crippen LogP contribution is 2.33. The van der Waals surface area contributed by atoms with Crippen molar-refractivity contribution in [3.63, 3.8) is 0 Å². The van der Waals surface area contributed by atoms with Crippen molar-refractivity contribution in [3.8, 4) is 5.75 Å². The van der Waals surface area contributed by atoms with Gasteiger partial charge in [-0.1, -0.05) is 29.8 Å². The van der Waals surface area contributed by atoms with Crippen molar-refractivity contribution in [1.82, 2.24) is 9.97 Å². The molecule has 0 amide bonds. The predicted molar refractivity (Wildman–Crippen MR) is 105 cm³/mol. The molecule has 0 saturated heterocycles. The Bertz CT molecular complexity index is 931. The summed E-state index contributed by atoms with van der Waals surface area (Å²) in [6.45, 7) is 0.938. The minimum Gasteiger partial charge on any atom is -0.495 e. The molecule has 0 aliphatic carbocycles. The Morgan fingerprint density at radius 3 is 2.92 bits per heavy atom. The molecule has 6 heteroatoms. The van der Waals surface area contributed by atoms with Crippen LogP contribution < -0.4 is 15.0 Å². The van der Waals surface area contributed by atoms with E-state index >= 15 is 0 Å². The van der Waals surface area contributed by atoms with Crippen LogP contribution in [0.15, 0.2) is 54.7 Å². The van der Waals surface area contributed by atoms with Crippen LogP contribution in [0.25, 0.3) is 0 Å². The molecule has 1 aliphatic heterocycles. The second kappa shape index (κ2) is 7.22. The summed E-state index contributed by atoms with van der Waals surface area (Å²) < 4.78 is 5.38. The lowest BCUT2D eigenvalue weighted by Crippen LogP contribution is -2.25. The number of benzene rings is 2. The highest BCUT2D eigenvalue weighted by Gasteiger charge is 2.19. The van der Waals surface area contributed by atoms with Crippen molar-refractivity contribution in [2.24, 2.45) is 0 Å². The Kier molecular flexibility index (Phi) is 4.63. The molecular formula is C20H19ClN4O. The van der Waals surface area contributed by atoms with E-state index in [1.165, 1.54) is 11.3 Å². The van der Waals surface area contributed by atoms with E-state index in [-0.39, 0.29) is 0 Å². The number of nitrogens with zero attached hydrogens (tertiary/aromatic N) is 3. The van der Waals surface area contributed by atoms with Crippen LogP contribution in [0.4, 0.5) is 23.1 Å². The van der Waals surface area contributed by atoms with Gasteiger partial charge in [0, 0.05) is 23.5 Å². The third kappa shape index (κ3) is 3.30. The number of aromatic nitrogens is 2. The number of rotatable bonds is 4. The summed E-state index contributed by atoms with van der Waals surface area (Å²) in [5.41, 5.74) is 3.29. The van der Waals surface area contributed by atoms with E-state index in [9.17, 15) is 0 Å². The average molecular weight is 367 g/mol. The van der Waals surface area contributed by atoms with E-state index in [1.807, 2.05) is 12.1 Å². The Labute approximate surface area is 157 Å². The molecule has 5 nitrogen and oxygen atoms in total. The zero-order valence-electron chi connectivity index (χ0n) is 14.4. The van der Waals surface area contributed by atoms with Crippen LogP contribution >= 0.6 is 11.6 Å². The number of fused-ring (bicyclic) bond motifs is 1. The SMILES string of the molecule is COc1ccc(Cl)cc1Nc1nccc(N2CCCc3ccccc32)n1. The molecule has 0 saturated carbocycles. The molecule has 26 heavy (non-hydrogen) atoms. The minimum atomic E-state index is 0.506. The number of halogens is 1. The number of ether oxygens (including phenoxy) is 1. The fraction of sp³-hybridized carbons (Fsp3) is 0.200. The normalized spacial score (nSPS) is 13.2. The van der Waals surface area contributed by atoms with Gasteiger partial charge in [0.1, 0.15) is 11.6 Å². The molecule has 4 rings (SSSR count). The number of hydrogen-bond donors (Lipinski definition) is 1. The van der Waals surface area contributed by atoms with E-state index in [0.29, 0.717) is 16.7 Å². The van der Waals surface area contributed by atoms with Crippen molar-refractivity contribution in [2.45, 2.75) is 12.8 Å². The molecule has 0 spiro atoms. The van der Waals surface area contributed by atoms with Crippen LogP contribution in [0.2, 0.25) is 5.02 Å². The first-order chi connectivity index (χ1) is 12.7. The number of nitrogens with one attached hydrogen (secondary N) is 1. The van der Waals surface area contributed by atoms with Gasteiger partial charge in [-0.15, -0.1) is 0 Å². The van der Waals surface area contributed by atoms with Gasteiger partial charge in [0.25, 0.3) is 0 Å². The van der Waals surface area contributed by atoms with Crippen LogP contribution in [-0.4, -0.2) is 23.6 Å². The number of anilines is 4. The molecule has 0 unspecified atom stereocenters. The molecule has 0 radical (unpaired) electrons. The topological polar surface area (TPSA) is 50.3 Å². The van der Waals surface area contributed by atoms with Gasteiger partial charge in [-0.25, -0.2) is 4.98 Å². The standard InChI is InChI=1S/C20H19ClN4O/c1-26-18-9-8-15(21)13-16(18)23-20-22-11-10-19(24-20)25-12-4-6-14-5-2-3-7-17(14)25/h2-3,5,7-11,13H,4,6,12H2,1H3,(H,22,23,24). The molecule has 1 aliphatic rings. The third-order valence-electron chi connectivity index (χ3n) is 4.44. The van der Waals surface area contributed by atoms with E-state index in [4.69, 9.17) is 21.3 Å². The van der Waals surface area contributed by atoms with Crippen molar-refractivity contribution < 1.29 is 4.74 Å². The monoisotopic (exact) mass is 366 g/mol. The van der Waals surface area contributed by atoms with Crippen molar-refractivity contribution in [2.75, 3.05) is 23.9 Å². The predicted octanol–water partition coefficient (Wildman–Crippen LogP) is 4.97. The second-order valence-electron chi connectivity index (χ2n) is 6.09. The quantitative estimate of drug-likeness (QED) is 0.706. The third-order valence-corrected chi connectivity index (χ3v) is 4.67. The van der Waals surface area contributed by atoms with Gasteiger partial charge in [0.05, 0.1) is 12.8 Å². The van der Waals surface area contributed by atoms with E-state index in [1.54, 1.807) is 25.4 Å². The van der Waals surface area contributed by atoms with E-state index < -0.39 is 0 Å². The first-order valence-corrected chi connectivity index (χ1v) is 8.91. The molecule has 1 N–H and O–H groups in total. The van der Waals surface area contributed by atoms with E-state index in [0.717, 1.165) is 30.9 Å². The van der Waals surface area contributed by atoms with Crippen LogP contribution in [0.1, 0.15) is 12.0 Å². The average Bonchev–Trinajstić information content (AvgIpc) is 2.68. The second-order valence-corrected chi connectivity index (χ2v) is 6.53. The van der Waals surface area contributed by atoms with Gasteiger partial charge in [0.2, 0.25) is 5.95 Å². The number of hydrogen-bond acceptors (Lipinski definition) is 5. The summed E-state index contributed by atoms with van der Waals surface area (Å²) in [5.74, 6) is 2.06. The maximum absolute atomic E-state index is 6.10. The Morgan fingerprint density at radius 2 is 2.04 bits per heavy atom. The molecule has 0 atom stereocenters. The van der Waals surface area contributed by atoms with Crippen molar-refractivity contribution in [1.29, 1.82) is 0 Å². The smallest absolute Gasteiger partial charge is 0.229 e. The molecule has 1 aromatic heterocycles. The lowest BCUT2D eigenvalue weighted by atomic mass is 10.0. The van der Waals surface area contributed by atoms with Crippen molar-refractivity contribution >= 4 is 34.7 Å². The van der Waals surface area contributed by atoms with Crippen LogP contribution in [0.3, 0.4) is 0 Å². The summed E-state index contributed by atoms with van der Waals surface area (Å²) in [6.07, 6.45) is 3.97. The number of aryl methyl sites for hydroxylation is 1. The van der Waals surface area contributed by atoms with Gasteiger partial charge in [-0.05, 0) is 48.7 Å². The summed E-state index contributed by atoms with van der Waals surface area (Å²) in [4.78, 5) is 11.3. The molecule has 0 bridgehead atoms. The van der Waals surface area contributed by atoms with Gasteiger partial charge in [0.15, 0.2) is 0 Å². The first-order valence-electron chi connectivity index (χ1n) is 8.53. The molecule has 3 aromatic rings. The lowest BCUT2D eigenvalue weighted by molar-refractivity contribution is 0.417. The molecule has 2 heterocycles. The first kappa shape index (κ1) is 16.7. The minimum absolute atomic E-state index is 0.506. The molecular weight excluding hydrogens is 348 g/mol.